The van der Waals surface area contributed by atoms with Crippen molar-refractivity contribution in [2.45, 2.75) is 44.7 Å². The fourth-order valence-electron chi connectivity index (χ4n) is 4.43. The molecule has 13 nitrogen and oxygen atoms in total. The molecule has 1 fully saturated rings. The van der Waals surface area contributed by atoms with Crippen molar-refractivity contribution in [2.75, 3.05) is 18.9 Å². The van der Waals surface area contributed by atoms with Crippen molar-refractivity contribution in [3.8, 4) is 5.75 Å². The number of anilines is 1. The average molecular weight is 591 g/mol. The van der Waals surface area contributed by atoms with Gasteiger partial charge in [-0.2, -0.15) is 5.09 Å². The molecule has 1 unspecified atom stereocenters. The molecule has 2 aromatic heterocycles. The van der Waals surface area contributed by atoms with E-state index in [0.717, 1.165) is 5.39 Å². The van der Waals surface area contributed by atoms with Crippen molar-refractivity contribution in [3.05, 3.63) is 54.1 Å². The van der Waals surface area contributed by atoms with Crippen LogP contribution >= 0.6 is 19.3 Å². The van der Waals surface area contributed by atoms with Crippen LogP contribution in [-0.2, 0) is 23.4 Å². The van der Waals surface area contributed by atoms with E-state index in [-0.39, 0.29) is 41.9 Å². The summed E-state index contributed by atoms with van der Waals surface area (Å²) in [6.45, 7) is 3.06. The second-order valence-electron chi connectivity index (χ2n) is 9.10. The number of aliphatic hydroxyl groups excluding tert-OH is 1. The molecule has 0 spiro atoms. The SMILES string of the molecule is CCOC(=O)[C@H](C)NP(=O)(OC[C@@H]1C[C@H](O)[C@H](n2c(Cl)nc3c(N)ncnc32)O1)Oc1cccc2ccccc12. The van der Waals surface area contributed by atoms with Gasteiger partial charge < -0.3 is 24.8 Å². The first kappa shape index (κ1) is 28.2. The number of carbonyl (C=O) groups excluding carboxylic acids is 1. The topological polar surface area (TPSA) is 173 Å². The van der Waals surface area contributed by atoms with E-state index in [1.165, 1.54) is 17.8 Å². The Morgan fingerprint density at radius 3 is 2.88 bits per heavy atom. The molecule has 15 heteroatoms. The van der Waals surface area contributed by atoms with E-state index in [0.29, 0.717) is 11.1 Å². The third kappa shape index (κ3) is 5.75. The van der Waals surface area contributed by atoms with Gasteiger partial charge in [0.1, 0.15) is 24.2 Å². The number of halogens is 1. The van der Waals surface area contributed by atoms with Crippen LogP contribution in [0.4, 0.5) is 5.82 Å². The Hall–Kier alpha value is -3.32. The highest BCUT2D eigenvalue weighted by Gasteiger charge is 2.40. The number of hydrogen-bond acceptors (Lipinski definition) is 11. The van der Waals surface area contributed by atoms with Crippen LogP contribution in [0.2, 0.25) is 5.28 Å². The summed E-state index contributed by atoms with van der Waals surface area (Å²) in [7, 11) is -4.18. The van der Waals surface area contributed by atoms with E-state index in [1.807, 2.05) is 30.3 Å². The van der Waals surface area contributed by atoms with Gasteiger partial charge in [0.25, 0.3) is 0 Å². The number of nitrogens with two attached hydrogens (primary N) is 1. The van der Waals surface area contributed by atoms with E-state index >= 15 is 0 Å². The third-order valence-electron chi connectivity index (χ3n) is 6.27. The Kier molecular flexibility index (Phi) is 8.22. The summed E-state index contributed by atoms with van der Waals surface area (Å²) in [4.78, 5) is 24.6. The number of aliphatic hydroxyl groups is 1. The first-order chi connectivity index (χ1) is 19.2. The quantitative estimate of drug-likeness (QED) is 0.139. The van der Waals surface area contributed by atoms with E-state index in [4.69, 9.17) is 35.9 Å². The second-order valence-corrected chi connectivity index (χ2v) is 11.1. The van der Waals surface area contributed by atoms with Crippen LogP contribution in [0, 0.1) is 0 Å². The second kappa shape index (κ2) is 11.7. The molecule has 4 N–H and O–H groups in total. The highest BCUT2D eigenvalue weighted by Crippen LogP contribution is 2.47. The monoisotopic (exact) mass is 590 g/mol. The van der Waals surface area contributed by atoms with Gasteiger partial charge in [-0.05, 0) is 36.9 Å². The first-order valence-corrected chi connectivity index (χ1v) is 14.4. The van der Waals surface area contributed by atoms with Gasteiger partial charge in [-0.25, -0.2) is 19.5 Å². The van der Waals surface area contributed by atoms with Crippen molar-refractivity contribution in [2.24, 2.45) is 0 Å². The van der Waals surface area contributed by atoms with Crippen LogP contribution in [-0.4, -0.2) is 62.1 Å². The lowest BCUT2D eigenvalue weighted by atomic mass is 10.1. The summed E-state index contributed by atoms with van der Waals surface area (Å²) in [5.74, 6) is -0.196. The number of fused-ring (bicyclic) bond motifs is 2. The van der Waals surface area contributed by atoms with E-state index in [9.17, 15) is 14.5 Å². The smallest absolute Gasteiger partial charge is 0.459 e. The van der Waals surface area contributed by atoms with Crippen LogP contribution in [0.1, 0.15) is 26.5 Å². The van der Waals surface area contributed by atoms with Gasteiger partial charge in [-0.15, -0.1) is 0 Å². The molecule has 4 aromatic rings. The fraction of sp³-hybridized carbons (Fsp3) is 0.360. The molecule has 0 bridgehead atoms. The van der Waals surface area contributed by atoms with Gasteiger partial charge in [0.2, 0.25) is 5.28 Å². The lowest BCUT2D eigenvalue weighted by Crippen LogP contribution is -2.35. The van der Waals surface area contributed by atoms with E-state index in [2.05, 4.69) is 20.0 Å². The summed E-state index contributed by atoms with van der Waals surface area (Å²) in [5.41, 5.74) is 6.44. The molecule has 0 aliphatic carbocycles. The predicted octanol–water partition coefficient (Wildman–Crippen LogP) is 3.61. The van der Waals surface area contributed by atoms with Crippen molar-refractivity contribution >= 4 is 53.1 Å². The maximum absolute atomic E-state index is 14.0. The standard InChI is InChI=1S/C25H28ClN6O7P/c1-3-36-24(34)14(2)31-40(35,39-19-10-6-8-15-7-4-5-9-17(15)19)37-12-16-11-18(33)23(38-16)32-22-20(30-25(32)26)21(27)28-13-29-22/h4-10,13-14,16,18,23,33H,3,11-12H2,1-2H3,(H,31,35)(H2,27,28,29)/t14-,16-,18-,23+,40?/m0/s1. The number of nitrogens with zero attached hydrogens (tertiary/aromatic N) is 4. The molecule has 0 radical (unpaired) electrons. The number of ether oxygens (including phenoxy) is 2. The summed E-state index contributed by atoms with van der Waals surface area (Å²) >= 11 is 6.32. The molecule has 3 heterocycles. The van der Waals surface area contributed by atoms with Crippen molar-refractivity contribution in [3.63, 3.8) is 0 Å². The van der Waals surface area contributed by atoms with Crippen LogP contribution in [0.25, 0.3) is 21.9 Å². The number of imidazole rings is 1. The molecule has 1 saturated heterocycles. The van der Waals surface area contributed by atoms with Gasteiger partial charge in [0.05, 0.1) is 19.3 Å². The summed E-state index contributed by atoms with van der Waals surface area (Å²) in [6.07, 6.45) is -1.35. The Balaban J connectivity index is 1.36. The number of nitrogen functional groups attached to an aromatic ring is 1. The Bertz CT molecular complexity index is 1580. The summed E-state index contributed by atoms with van der Waals surface area (Å²) in [6, 6.07) is 11.7. The van der Waals surface area contributed by atoms with Crippen LogP contribution in [0.5, 0.6) is 5.75 Å². The maximum atomic E-state index is 14.0. The van der Waals surface area contributed by atoms with E-state index in [1.54, 1.807) is 19.1 Å². The van der Waals surface area contributed by atoms with E-state index < -0.39 is 38.2 Å². The van der Waals surface area contributed by atoms with Gasteiger partial charge in [0, 0.05) is 11.8 Å². The van der Waals surface area contributed by atoms with Gasteiger partial charge in [-0.3, -0.25) is 13.9 Å². The molecule has 5 atom stereocenters. The molecule has 5 rings (SSSR count). The number of hydrogen-bond donors (Lipinski definition) is 3. The van der Waals surface area contributed by atoms with Crippen LogP contribution in [0.3, 0.4) is 0 Å². The number of rotatable bonds is 10. The minimum atomic E-state index is -4.18. The van der Waals surface area contributed by atoms with Crippen molar-refractivity contribution in [1.82, 2.24) is 24.6 Å². The predicted molar refractivity (Wildman–Crippen MR) is 147 cm³/mol. The third-order valence-corrected chi connectivity index (χ3v) is 8.17. The van der Waals surface area contributed by atoms with Gasteiger partial charge in [0.15, 0.2) is 23.2 Å². The maximum Gasteiger partial charge on any atom is 0.459 e. The molecule has 1 aliphatic heterocycles. The van der Waals surface area contributed by atoms with Crippen molar-refractivity contribution in [1.29, 1.82) is 0 Å². The molecule has 212 valence electrons. The van der Waals surface area contributed by atoms with Gasteiger partial charge >= 0.3 is 13.7 Å². The normalized spacial score (nSPS) is 21.4. The van der Waals surface area contributed by atoms with Crippen LogP contribution < -0.4 is 15.3 Å². The minimum Gasteiger partial charge on any atom is -0.465 e. The number of carbonyl (C=O) groups is 1. The molecule has 2 aromatic carbocycles. The minimum absolute atomic E-state index is 0.00251. The zero-order chi connectivity index (χ0) is 28.4. The average Bonchev–Trinajstić information content (AvgIpc) is 3.46. The Morgan fingerprint density at radius 2 is 2.08 bits per heavy atom. The number of aromatic nitrogens is 4. The molecule has 0 saturated carbocycles. The summed E-state index contributed by atoms with van der Waals surface area (Å²) in [5, 5.41) is 15.0. The number of esters is 1. The molecule has 40 heavy (non-hydrogen) atoms. The highest BCUT2D eigenvalue weighted by molar-refractivity contribution is 7.52. The lowest BCUT2D eigenvalue weighted by molar-refractivity contribution is -0.144. The fourth-order valence-corrected chi connectivity index (χ4v) is 6.23. The largest absolute Gasteiger partial charge is 0.465 e. The lowest BCUT2D eigenvalue weighted by Gasteiger charge is -2.24. The molecular formula is C25H28ClN6O7P. The van der Waals surface area contributed by atoms with Crippen molar-refractivity contribution < 1.29 is 33.0 Å². The highest BCUT2D eigenvalue weighted by atomic mass is 35.5. The number of benzene rings is 2. The Morgan fingerprint density at radius 1 is 1.30 bits per heavy atom. The Labute approximate surface area is 234 Å². The molecule has 0 amide bonds. The summed E-state index contributed by atoms with van der Waals surface area (Å²) < 4.78 is 38.2. The zero-order valence-electron chi connectivity index (χ0n) is 21.6. The van der Waals surface area contributed by atoms with Crippen LogP contribution in [0.15, 0.2) is 48.8 Å². The number of nitrogens with one attached hydrogen (secondary N) is 1. The molecular weight excluding hydrogens is 563 g/mol. The molecule has 1 aliphatic rings. The zero-order valence-corrected chi connectivity index (χ0v) is 23.3. The van der Waals surface area contributed by atoms with Gasteiger partial charge in [-0.1, -0.05) is 36.4 Å². The first-order valence-electron chi connectivity index (χ1n) is 12.5.